The Balaban J connectivity index is 1.58. The number of nitrogens with two attached hydrogens (primary N) is 1. The van der Waals surface area contributed by atoms with Gasteiger partial charge in [-0.3, -0.25) is 9.69 Å². The van der Waals surface area contributed by atoms with Crippen LogP contribution in [0.3, 0.4) is 0 Å². The first-order valence-corrected chi connectivity index (χ1v) is 11.5. The van der Waals surface area contributed by atoms with E-state index in [1.54, 1.807) is 11.6 Å². The molecule has 4 heterocycles. The van der Waals surface area contributed by atoms with E-state index in [-0.39, 0.29) is 5.91 Å². The first-order chi connectivity index (χ1) is 15.9. The molecule has 33 heavy (non-hydrogen) atoms. The van der Waals surface area contributed by atoms with Gasteiger partial charge in [0.2, 0.25) is 5.91 Å². The molecule has 4 aromatic rings. The number of amides is 1. The van der Waals surface area contributed by atoms with E-state index >= 15 is 0 Å². The number of carbonyl (C=O) groups is 1. The first kappa shape index (κ1) is 21.5. The number of pyridine rings is 1. The van der Waals surface area contributed by atoms with Gasteiger partial charge >= 0.3 is 0 Å². The van der Waals surface area contributed by atoms with Gasteiger partial charge in [-0.2, -0.15) is 5.10 Å². The minimum atomic E-state index is -0.261. The smallest absolute Gasteiger partial charge is 0.231 e. The highest BCUT2D eigenvalue weighted by molar-refractivity contribution is 5.92. The zero-order chi connectivity index (χ0) is 23.1. The lowest BCUT2D eigenvalue weighted by molar-refractivity contribution is -0.119. The molecule has 1 aliphatic rings. The summed E-state index contributed by atoms with van der Waals surface area (Å²) in [5.41, 5.74) is 11.9. The second kappa shape index (κ2) is 8.51. The van der Waals surface area contributed by atoms with E-state index < -0.39 is 0 Å². The molecule has 8 heteroatoms. The third-order valence-electron chi connectivity index (χ3n) is 6.65. The van der Waals surface area contributed by atoms with Crippen molar-refractivity contribution in [3.05, 3.63) is 47.9 Å². The molecule has 0 spiro atoms. The Bertz CT molecular complexity index is 1320. The van der Waals surface area contributed by atoms with E-state index in [0.29, 0.717) is 29.8 Å². The maximum atomic E-state index is 11.4. The van der Waals surface area contributed by atoms with E-state index in [1.807, 2.05) is 12.3 Å². The highest BCUT2D eigenvalue weighted by Gasteiger charge is 2.24. The van der Waals surface area contributed by atoms with Crippen LogP contribution in [-0.4, -0.2) is 57.1 Å². The van der Waals surface area contributed by atoms with Crippen LogP contribution in [0.5, 0.6) is 5.75 Å². The molecular weight excluding hydrogens is 416 g/mol. The Hall–Kier alpha value is -3.39. The summed E-state index contributed by atoms with van der Waals surface area (Å²) < 4.78 is 7.34. The summed E-state index contributed by atoms with van der Waals surface area (Å²) in [5.74, 6) is 1.14. The summed E-state index contributed by atoms with van der Waals surface area (Å²) in [5, 5.41) is 5.56. The zero-order valence-electron chi connectivity index (χ0n) is 19.3. The number of benzene rings is 1. The lowest BCUT2D eigenvalue weighted by atomic mass is 9.88. The van der Waals surface area contributed by atoms with Gasteiger partial charge in [0.25, 0.3) is 0 Å². The summed E-state index contributed by atoms with van der Waals surface area (Å²) in [6.45, 7) is 6.57. The van der Waals surface area contributed by atoms with Crippen LogP contribution in [0.15, 0.2) is 36.8 Å². The van der Waals surface area contributed by atoms with E-state index in [9.17, 15) is 4.79 Å². The number of nitrogens with zero attached hydrogens (tertiary/aromatic N) is 4. The second-order valence-corrected chi connectivity index (χ2v) is 9.24. The third-order valence-corrected chi connectivity index (χ3v) is 6.65. The van der Waals surface area contributed by atoms with Crippen molar-refractivity contribution in [3.63, 3.8) is 0 Å². The fraction of sp³-hybridized carbons (Fsp3) is 0.400. The number of hydrogen-bond acceptors (Lipinski definition) is 5. The van der Waals surface area contributed by atoms with Crippen LogP contribution in [0.2, 0.25) is 0 Å². The standard InChI is InChI=1S/C25H30N6O2/c1-15(2)23-19-9-16(17-5-4-8-30(11-17)13-22(26)32)6-7-20(19)29-24(23)18-10-21(33-3)25-27-14-28-31(25)12-18/h6-7,9-10,12,14-15,17,29H,4-5,8,11,13H2,1-3H3,(H2,26,32). The van der Waals surface area contributed by atoms with E-state index in [0.717, 1.165) is 42.7 Å². The molecule has 172 valence electrons. The summed E-state index contributed by atoms with van der Waals surface area (Å²) in [6, 6.07) is 8.74. The number of likely N-dealkylation sites (tertiary alicyclic amines) is 1. The van der Waals surface area contributed by atoms with Crippen molar-refractivity contribution in [1.29, 1.82) is 0 Å². The van der Waals surface area contributed by atoms with Crippen molar-refractivity contribution in [2.45, 2.75) is 38.5 Å². The van der Waals surface area contributed by atoms with Gasteiger partial charge in [0.15, 0.2) is 11.4 Å². The zero-order valence-corrected chi connectivity index (χ0v) is 19.3. The Kier molecular flexibility index (Phi) is 5.54. The molecule has 1 aromatic carbocycles. The van der Waals surface area contributed by atoms with Gasteiger partial charge in [0.1, 0.15) is 6.33 Å². The van der Waals surface area contributed by atoms with Crippen LogP contribution in [0.25, 0.3) is 27.8 Å². The van der Waals surface area contributed by atoms with Crippen LogP contribution < -0.4 is 10.5 Å². The SMILES string of the molecule is COc1cc(-c2[nH]c3ccc(C4CCCN(CC(N)=O)C4)cc3c2C(C)C)cn2ncnc12. The second-order valence-electron chi connectivity index (χ2n) is 9.24. The average molecular weight is 447 g/mol. The van der Waals surface area contributed by atoms with Crippen LogP contribution in [0.4, 0.5) is 0 Å². The molecule has 8 nitrogen and oxygen atoms in total. The number of H-pyrrole nitrogens is 1. The molecule has 1 aliphatic heterocycles. The Morgan fingerprint density at radius 1 is 1.33 bits per heavy atom. The van der Waals surface area contributed by atoms with Crippen molar-refractivity contribution in [1.82, 2.24) is 24.5 Å². The molecule has 0 radical (unpaired) electrons. The molecular formula is C25H30N6O2. The Morgan fingerprint density at radius 3 is 2.94 bits per heavy atom. The van der Waals surface area contributed by atoms with Crippen molar-refractivity contribution in [3.8, 4) is 17.0 Å². The number of ether oxygens (including phenoxy) is 1. The van der Waals surface area contributed by atoms with E-state index in [1.165, 1.54) is 22.8 Å². The Labute approximate surface area is 192 Å². The molecule has 3 N–H and O–H groups in total. The highest BCUT2D eigenvalue weighted by Crippen LogP contribution is 2.39. The average Bonchev–Trinajstić information content (AvgIpc) is 3.42. The molecule has 0 aliphatic carbocycles. The fourth-order valence-corrected chi connectivity index (χ4v) is 5.19. The number of aromatic nitrogens is 4. The van der Waals surface area contributed by atoms with Crippen LogP contribution in [-0.2, 0) is 4.79 Å². The number of methoxy groups -OCH3 is 1. The predicted molar refractivity (Wildman–Crippen MR) is 129 cm³/mol. The van der Waals surface area contributed by atoms with Crippen molar-refractivity contribution in [2.24, 2.45) is 5.73 Å². The fourth-order valence-electron chi connectivity index (χ4n) is 5.19. The molecule has 1 unspecified atom stereocenters. The van der Waals surface area contributed by atoms with Crippen molar-refractivity contribution in [2.75, 3.05) is 26.7 Å². The van der Waals surface area contributed by atoms with Crippen LogP contribution >= 0.6 is 0 Å². The number of carbonyl (C=O) groups excluding carboxylic acids is 1. The minimum Gasteiger partial charge on any atom is -0.493 e. The number of aromatic amines is 1. The van der Waals surface area contributed by atoms with Crippen molar-refractivity contribution < 1.29 is 9.53 Å². The number of fused-ring (bicyclic) bond motifs is 2. The number of rotatable bonds is 6. The molecule has 0 saturated carbocycles. The van der Waals surface area contributed by atoms with Crippen LogP contribution in [0, 0.1) is 0 Å². The molecule has 1 fully saturated rings. The van der Waals surface area contributed by atoms with E-state index in [2.05, 4.69) is 52.0 Å². The molecule has 1 atom stereocenters. The van der Waals surface area contributed by atoms with Gasteiger partial charge in [0.05, 0.1) is 19.3 Å². The molecule has 0 bridgehead atoms. The van der Waals surface area contributed by atoms with Gasteiger partial charge < -0.3 is 15.5 Å². The summed E-state index contributed by atoms with van der Waals surface area (Å²) in [6.07, 6.45) is 5.72. The summed E-state index contributed by atoms with van der Waals surface area (Å²) in [7, 11) is 1.65. The maximum absolute atomic E-state index is 11.4. The maximum Gasteiger partial charge on any atom is 0.231 e. The number of hydrogen-bond donors (Lipinski definition) is 2. The van der Waals surface area contributed by atoms with Gasteiger partial charge in [-0.1, -0.05) is 19.9 Å². The quantitative estimate of drug-likeness (QED) is 0.471. The number of primary amides is 1. The Morgan fingerprint density at radius 2 is 2.18 bits per heavy atom. The lowest BCUT2D eigenvalue weighted by Gasteiger charge is -2.32. The highest BCUT2D eigenvalue weighted by atomic mass is 16.5. The van der Waals surface area contributed by atoms with Crippen molar-refractivity contribution >= 4 is 22.5 Å². The van der Waals surface area contributed by atoms with Gasteiger partial charge in [0, 0.05) is 29.2 Å². The topological polar surface area (TPSA) is 102 Å². The molecule has 5 rings (SSSR count). The third kappa shape index (κ3) is 3.95. The van der Waals surface area contributed by atoms with E-state index in [4.69, 9.17) is 10.5 Å². The van der Waals surface area contributed by atoms with Crippen LogP contribution in [0.1, 0.15) is 49.7 Å². The molecule has 3 aromatic heterocycles. The first-order valence-electron chi connectivity index (χ1n) is 11.5. The monoisotopic (exact) mass is 446 g/mol. The molecule has 1 saturated heterocycles. The minimum absolute atomic E-state index is 0.261. The lowest BCUT2D eigenvalue weighted by Crippen LogP contribution is -2.40. The summed E-state index contributed by atoms with van der Waals surface area (Å²) >= 11 is 0. The van der Waals surface area contributed by atoms with Gasteiger partial charge in [-0.15, -0.1) is 0 Å². The number of piperidine rings is 1. The number of nitrogens with one attached hydrogen (secondary N) is 1. The molecule has 1 amide bonds. The predicted octanol–water partition coefficient (Wildman–Crippen LogP) is 3.67. The van der Waals surface area contributed by atoms with Gasteiger partial charge in [-0.25, -0.2) is 9.50 Å². The largest absolute Gasteiger partial charge is 0.493 e. The normalized spacial score (nSPS) is 17.3. The summed E-state index contributed by atoms with van der Waals surface area (Å²) in [4.78, 5) is 21.5. The van der Waals surface area contributed by atoms with Gasteiger partial charge in [-0.05, 0) is 60.5 Å².